The highest BCUT2D eigenvalue weighted by Gasteiger charge is 2.09. The second kappa shape index (κ2) is 8.89. The number of hydrogen-bond acceptors (Lipinski definition) is 5. The molecule has 0 aliphatic carbocycles. The average molecular weight is 298 g/mol. The SMILES string of the molecule is CCCc1nc(NCC)c(C)c(NCCCS(C)=O)n1. The van der Waals surface area contributed by atoms with Gasteiger partial charge in [0.05, 0.1) is 0 Å². The van der Waals surface area contributed by atoms with Gasteiger partial charge in [-0.2, -0.15) is 0 Å². The molecule has 2 N–H and O–H groups in total. The minimum absolute atomic E-state index is 0.721. The van der Waals surface area contributed by atoms with E-state index < -0.39 is 10.8 Å². The molecule has 0 radical (unpaired) electrons. The van der Waals surface area contributed by atoms with Crippen LogP contribution in [0.15, 0.2) is 0 Å². The van der Waals surface area contributed by atoms with Crippen molar-refractivity contribution in [1.82, 2.24) is 9.97 Å². The van der Waals surface area contributed by atoms with E-state index in [9.17, 15) is 4.21 Å². The Kier molecular flexibility index (Phi) is 7.51. The Bertz CT molecular complexity index is 451. The predicted molar refractivity (Wildman–Crippen MR) is 87.0 cm³/mol. The van der Waals surface area contributed by atoms with Crippen LogP contribution in [0, 0.1) is 6.92 Å². The van der Waals surface area contributed by atoms with E-state index in [2.05, 4.69) is 34.4 Å². The van der Waals surface area contributed by atoms with Crippen molar-refractivity contribution in [3.05, 3.63) is 11.4 Å². The van der Waals surface area contributed by atoms with Crippen LogP contribution in [0.4, 0.5) is 11.6 Å². The lowest BCUT2D eigenvalue weighted by molar-refractivity contribution is 0.685. The number of rotatable bonds is 9. The molecule has 0 saturated carbocycles. The largest absolute Gasteiger partial charge is 0.370 e. The van der Waals surface area contributed by atoms with Gasteiger partial charge in [-0.3, -0.25) is 4.21 Å². The lowest BCUT2D eigenvalue weighted by Gasteiger charge is -2.14. The van der Waals surface area contributed by atoms with Crippen molar-refractivity contribution in [2.75, 3.05) is 35.7 Å². The smallest absolute Gasteiger partial charge is 0.134 e. The van der Waals surface area contributed by atoms with Gasteiger partial charge in [0, 0.05) is 47.9 Å². The van der Waals surface area contributed by atoms with Crippen molar-refractivity contribution in [2.45, 2.75) is 40.0 Å². The molecule has 1 atom stereocenters. The Morgan fingerprint density at radius 3 is 2.35 bits per heavy atom. The third-order valence-corrected chi connectivity index (χ3v) is 3.77. The molecule has 0 aliphatic heterocycles. The molecule has 6 heteroatoms. The van der Waals surface area contributed by atoms with Crippen LogP contribution in [0.5, 0.6) is 0 Å². The molecule has 114 valence electrons. The van der Waals surface area contributed by atoms with E-state index in [1.807, 2.05) is 6.92 Å². The molecule has 0 bridgehead atoms. The highest BCUT2D eigenvalue weighted by atomic mass is 32.2. The number of hydrogen-bond donors (Lipinski definition) is 2. The van der Waals surface area contributed by atoms with Crippen molar-refractivity contribution in [2.24, 2.45) is 0 Å². The molecule has 0 amide bonds. The Balaban J connectivity index is 2.78. The molecule has 0 fully saturated rings. The second-order valence-electron chi connectivity index (χ2n) is 4.80. The maximum atomic E-state index is 11.0. The van der Waals surface area contributed by atoms with Crippen LogP contribution in [0.25, 0.3) is 0 Å². The first kappa shape index (κ1) is 16.9. The van der Waals surface area contributed by atoms with Gasteiger partial charge in [-0.05, 0) is 26.7 Å². The molecule has 0 spiro atoms. The van der Waals surface area contributed by atoms with Gasteiger partial charge in [-0.25, -0.2) is 9.97 Å². The van der Waals surface area contributed by atoms with E-state index in [4.69, 9.17) is 0 Å². The maximum absolute atomic E-state index is 11.0. The molecule has 1 heterocycles. The fourth-order valence-corrected chi connectivity index (χ4v) is 2.44. The van der Waals surface area contributed by atoms with Gasteiger partial charge < -0.3 is 10.6 Å². The van der Waals surface area contributed by atoms with Crippen LogP contribution in [0.2, 0.25) is 0 Å². The summed E-state index contributed by atoms with van der Waals surface area (Å²) < 4.78 is 11.0. The summed E-state index contributed by atoms with van der Waals surface area (Å²) in [5, 5.41) is 6.62. The molecule has 0 aliphatic rings. The van der Waals surface area contributed by atoms with Crippen molar-refractivity contribution < 1.29 is 4.21 Å². The molecular formula is C14H26N4OS. The fourth-order valence-electron chi connectivity index (χ4n) is 1.89. The fraction of sp³-hybridized carbons (Fsp3) is 0.714. The number of aryl methyl sites for hydroxylation is 1. The van der Waals surface area contributed by atoms with Gasteiger partial charge in [0.2, 0.25) is 0 Å². The third kappa shape index (κ3) is 5.45. The van der Waals surface area contributed by atoms with Gasteiger partial charge in [0.15, 0.2) is 0 Å². The summed E-state index contributed by atoms with van der Waals surface area (Å²) in [4.78, 5) is 9.14. The van der Waals surface area contributed by atoms with E-state index >= 15 is 0 Å². The summed E-state index contributed by atoms with van der Waals surface area (Å²) in [5.74, 6) is 3.39. The lowest BCUT2D eigenvalue weighted by atomic mass is 10.2. The topological polar surface area (TPSA) is 66.9 Å². The van der Waals surface area contributed by atoms with Gasteiger partial charge in [0.1, 0.15) is 17.5 Å². The highest BCUT2D eigenvalue weighted by Crippen LogP contribution is 2.20. The monoisotopic (exact) mass is 298 g/mol. The molecule has 20 heavy (non-hydrogen) atoms. The Morgan fingerprint density at radius 2 is 1.80 bits per heavy atom. The quantitative estimate of drug-likeness (QED) is 0.685. The number of anilines is 2. The zero-order chi connectivity index (χ0) is 15.0. The van der Waals surface area contributed by atoms with Crippen LogP contribution >= 0.6 is 0 Å². The summed E-state index contributed by atoms with van der Waals surface area (Å²) in [6, 6.07) is 0. The average Bonchev–Trinajstić information content (AvgIpc) is 2.39. The Hall–Kier alpha value is -1.17. The van der Waals surface area contributed by atoms with Crippen LogP contribution in [-0.2, 0) is 17.2 Å². The van der Waals surface area contributed by atoms with Crippen molar-refractivity contribution in [3.8, 4) is 0 Å². The molecule has 5 nitrogen and oxygen atoms in total. The zero-order valence-electron chi connectivity index (χ0n) is 13.0. The number of nitrogens with one attached hydrogen (secondary N) is 2. The van der Waals surface area contributed by atoms with Gasteiger partial charge in [-0.1, -0.05) is 6.92 Å². The Labute approximate surface area is 124 Å². The first-order valence-corrected chi connectivity index (χ1v) is 8.96. The van der Waals surface area contributed by atoms with Crippen molar-refractivity contribution >= 4 is 22.4 Å². The summed E-state index contributed by atoms with van der Waals surface area (Å²) in [7, 11) is -0.729. The maximum Gasteiger partial charge on any atom is 0.134 e. The third-order valence-electron chi connectivity index (χ3n) is 2.91. The summed E-state index contributed by atoms with van der Waals surface area (Å²) >= 11 is 0. The van der Waals surface area contributed by atoms with Crippen LogP contribution < -0.4 is 10.6 Å². The van der Waals surface area contributed by atoms with Gasteiger partial charge in [0.25, 0.3) is 0 Å². The van der Waals surface area contributed by atoms with E-state index in [1.165, 1.54) is 0 Å². The van der Waals surface area contributed by atoms with Gasteiger partial charge >= 0.3 is 0 Å². The first-order valence-electron chi connectivity index (χ1n) is 7.23. The van der Waals surface area contributed by atoms with Gasteiger partial charge in [-0.15, -0.1) is 0 Å². The first-order chi connectivity index (χ1) is 9.58. The normalized spacial score (nSPS) is 12.2. The van der Waals surface area contributed by atoms with E-state index in [-0.39, 0.29) is 0 Å². The van der Waals surface area contributed by atoms with Crippen molar-refractivity contribution in [3.63, 3.8) is 0 Å². The van der Waals surface area contributed by atoms with Crippen LogP contribution in [-0.4, -0.2) is 39.3 Å². The molecule has 1 unspecified atom stereocenters. The van der Waals surface area contributed by atoms with E-state index in [1.54, 1.807) is 6.26 Å². The second-order valence-corrected chi connectivity index (χ2v) is 6.35. The standard InChI is InChI=1S/C14H26N4OS/c1-5-8-12-17-13(15-6-2)11(3)14(18-12)16-9-7-10-20(4)19/h5-10H2,1-4H3,(H2,15,16,17,18). The lowest BCUT2D eigenvalue weighted by Crippen LogP contribution is -2.13. The van der Waals surface area contributed by atoms with Crippen molar-refractivity contribution in [1.29, 1.82) is 0 Å². The minimum Gasteiger partial charge on any atom is -0.370 e. The van der Waals surface area contributed by atoms with E-state index in [0.29, 0.717) is 0 Å². The zero-order valence-corrected chi connectivity index (χ0v) is 13.8. The van der Waals surface area contributed by atoms with E-state index in [0.717, 1.165) is 61.1 Å². The molecule has 1 rings (SSSR count). The Morgan fingerprint density at radius 1 is 1.15 bits per heavy atom. The summed E-state index contributed by atoms with van der Waals surface area (Å²) in [6.45, 7) is 7.84. The summed E-state index contributed by atoms with van der Waals surface area (Å²) in [6.07, 6.45) is 4.53. The number of aromatic nitrogens is 2. The van der Waals surface area contributed by atoms with Crippen LogP contribution in [0.1, 0.15) is 38.1 Å². The molecule has 0 saturated heterocycles. The molecule has 1 aromatic rings. The minimum atomic E-state index is -0.729. The molecule has 1 aromatic heterocycles. The molecule has 0 aromatic carbocycles. The van der Waals surface area contributed by atoms with Crippen LogP contribution in [0.3, 0.4) is 0 Å². The highest BCUT2D eigenvalue weighted by molar-refractivity contribution is 7.84. The predicted octanol–water partition coefficient (Wildman–Crippen LogP) is 2.35. The number of nitrogens with zero attached hydrogens (tertiary/aromatic N) is 2. The summed E-state index contributed by atoms with van der Waals surface area (Å²) in [5.41, 5.74) is 1.05. The molecular weight excluding hydrogens is 272 g/mol.